The molecule has 244 valence electrons. The van der Waals surface area contributed by atoms with E-state index in [0.717, 1.165) is 62.0 Å². The number of carbonyl (C=O) groups is 1. The van der Waals surface area contributed by atoms with Crippen LogP contribution in [0.4, 0.5) is 18.9 Å². The number of halogens is 3. The van der Waals surface area contributed by atoms with Gasteiger partial charge in [0.05, 0.1) is 31.1 Å². The van der Waals surface area contributed by atoms with Crippen LogP contribution in [-0.4, -0.2) is 89.2 Å². The summed E-state index contributed by atoms with van der Waals surface area (Å²) in [5.41, 5.74) is 0.770. The van der Waals surface area contributed by atoms with E-state index in [9.17, 15) is 13.6 Å². The summed E-state index contributed by atoms with van der Waals surface area (Å²) in [5.74, 6) is -2.18. The molecule has 1 aliphatic rings. The van der Waals surface area contributed by atoms with Crippen molar-refractivity contribution in [3.63, 3.8) is 0 Å². The summed E-state index contributed by atoms with van der Waals surface area (Å²) in [5, 5.41) is 10.7. The van der Waals surface area contributed by atoms with Crippen molar-refractivity contribution in [1.29, 1.82) is 0 Å². The highest BCUT2D eigenvalue weighted by Gasteiger charge is 2.17. The fourth-order valence-electron chi connectivity index (χ4n) is 5.13. The van der Waals surface area contributed by atoms with Gasteiger partial charge >= 0.3 is 0 Å². The molecule has 0 bridgehead atoms. The standard InChI is InChI=1S/C33H32F3N7O4/c1-41-11-13-42(14-12-41)10-3-15-46-32-19-27-23(18-31(32)45-2)29(8-9-37-27)47-30-7-4-21(16-26(30)36)38-33(44)28-20-43(40-39-28)22-5-6-24(34)25(35)17-22/h4-9,16-20H,3,10-15H2,1-2H3,(H,38,44). The van der Waals surface area contributed by atoms with Gasteiger partial charge in [0.2, 0.25) is 0 Å². The average molecular weight is 648 g/mol. The molecule has 6 rings (SSSR count). The minimum Gasteiger partial charge on any atom is -0.493 e. The third-order valence-electron chi connectivity index (χ3n) is 7.76. The van der Waals surface area contributed by atoms with Gasteiger partial charge in [-0.1, -0.05) is 5.21 Å². The second kappa shape index (κ2) is 14.1. The number of nitrogens with zero attached hydrogens (tertiary/aromatic N) is 6. The SMILES string of the molecule is COc1cc2c(Oc3ccc(NC(=O)c4cn(-c5ccc(F)c(F)c5)nn4)cc3F)ccnc2cc1OCCCN1CCN(C)CC1. The van der Waals surface area contributed by atoms with Crippen molar-refractivity contribution in [2.45, 2.75) is 6.42 Å². The molecule has 0 spiro atoms. The molecule has 1 amide bonds. The van der Waals surface area contributed by atoms with E-state index in [1.807, 2.05) is 0 Å². The molecule has 47 heavy (non-hydrogen) atoms. The van der Waals surface area contributed by atoms with Gasteiger partial charge in [0, 0.05) is 68.2 Å². The first-order chi connectivity index (χ1) is 22.8. The zero-order valence-corrected chi connectivity index (χ0v) is 25.8. The van der Waals surface area contributed by atoms with Gasteiger partial charge in [0.15, 0.2) is 40.4 Å². The maximum atomic E-state index is 15.2. The molecular formula is C33H32F3N7O4. The maximum absolute atomic E-state index is 15.2. The number of ether oxygens (including phenoxy) is 3. The summed E-state index contributed by atoms with van der Waals surface area (Å²) in [6.07, 6.45) is 3.67. The van der Waals surface area contributed by atoms with Crippen molar-refractivity contribution in [3.8, 4) is 28.7 Å². The number of pyridine rings is 1. The van der Waals surface area contributed by atoms with Gasteiger partial charge in [-0.3, -0.25) is 9.78 Å². The number of fused-ring (bicyclic) bond motifs is 1. The number of hydrogen-bond acceptors (Lipinski definition) is 9. The zero-order valence-electron chi connectivity index (χ0n) is 25.8. The minimum absolute atomic E-state index is 0.0806. The zero-order chi connectivity index (χ0) is 32.9. The van der Waals surface area contributed by atoms with Crippen LogP contribution in [0.5, 0.6) is 23.0 Å². The Labute approximate surface area is 268 Å². The smallest absolute Gasteiger partial charge is 0.277 e. The Hall–Kier alpha value is -5.21. The largest absolute Gasteiger partial charge is 0.493 e. The van der Waals surface area contributed by atoms with Gasteiger partial charge in [-0.05, 0) is 49.9 Å². The number of carbonyl (C=O) groups excluding carboxylic acids is 1. The number of nitrogens with one attached hydrogen (secondary N) is 1. The number of hydrogen-bond donors (Lipinski definition) is 1. The highest BCUT2D eigenvalue weighted by atomic mass is 19.2. The number of likely N-dealkylation sites (N-methyl/N-ethyl adjacent to an activating group) is 1. The van der Waals surface area contributed by atoms with Gasteiger partial charge in [-0.25, -0.2) is 17.9 Å². The van der Waals surface area contributed by atoms with Crippen LogP contribution in [0.25, 0.3) is 16.6 Å². The first-order valence-corrected chi connectivity index (χ1v) is 14.9. The van der Waals surface area contributed by atoms with Crippen LogP contribution < -0.4 is 19.5 Å². The Balaban J connectivity index is 1.10. The molecule has 0 atom stereocenters. The van der Waals surface area contributed by atoms with E-state index < -0.39 is 23.4 Å². The second-order valence-corrected chi connectivity index (χ2v) is 11.0. The molecule has 0 aliphatic carbocycles. The fraction of sp³-hybridized carbons (Fsp3) is 0.273. The Morgan fingerprint density at radius 1 is 0.894 bits per heavy atom. The summed E-state index contributed by atoms with van der Waals surface area (Å²) >= 11 is 0. The molecule has 14 heteroatoms. The molecule has 1 aliphatic heterocycles. The first-order valence-electron chi connectivity index (χ1n) is 14.9. The second-order valence-electron chi connectivity index (χ2n) is 11.0. The lowest BCUT2D eigenvalue weighted by molar-refractivity contribution is 0.102. The van der Waals surface area contributed by atoms with Crippen LogP contribution in [0.15, 0.2) is 67.0 Å². The number of aromatic nitrogens is 4. The molecule has 3 heterocycles. The lowest BCUT2D eigenvalue weighted by Gasteiger charge is -2.32. The Morgan fingerprint density at radius 3 is 2.49 bits per heavy atom. The molecular weight excluding hydrogens is 615 g/mol. The molecule has 0 saturated carbocycles. The van der Waals surface area contributed by atoms with E-state index >= 15 is 4.39 Å². The summed E-state index contributed by atoms with van der Waals surface area (Å²) in [4.78, 5) is 21.9. The van der Waals surface area contributed by atoms with E-state index in [4.69, 9.17) is 14.2 Å². The predicted molar refractivity (Wildman–Crippen MR) is 168 cm³/mol. The van der Waals surface area contributed by atoms with E-state index in [0.29, 0.717) is 34.8 Å². The van der Waals surface area contributed by atoms with Gasteiger partial charge in [0.25, 0.3) is 5.91 Å². The average Bonchev–Trinajstić information content (AvgIpc) is 3.57. The maximum Gasteiger partial charge on any atom is 0.277 e. The first kappa shape index (κ1) is 31.8. The fourth-order valence-corrected chi connectivity index (χ4v) is 5.13. The van der Waals surface area contributed by atoms with E-state index in [-0.39, 0.29) is 22.8 Å². The highest BCUT2D eigenvalue weighted by Crippen LogP contribution is 2.38. The molecule has 2 aromatic heterocycles. The molecule has 5 aromatic rings. The van der Waals surface area contributed by atoms with Gasteiger partial charge in [-0.2, -0.15) is 0 Å². The third kappa shape index (κ3) is 7.45. The third-order valence-corrected chi connectivity index (χ3v) is 7.76. The van der Waals surface area contributed by atoms with Gasteiger partial charge in [-0.15, -0.1) is 5.10 Å². The highest BCUT2D eigenvalue weighted by molar-refractivity contribution is 6.02. The van der Waals surface area contributed by atoms with E-state index in [1.54, 1.807) is 31.5 Å². The molecule has 11 nitrogen and oxygen atoms in total. The van der Waals surface area contributed by atoms with Gasteiger partial charge < -0.3 is 29.3 Å². The van der Waals surface area contributed by atoms with E-state index in [2.05, 4.69) is 37.5 Å². The predicted octanol–water partition coefficient (Wildman–Crippen LogP) is 5.30. The topological polar surface area (TPSA) is 107 Å². The Morgan fingerprint density at radius 2 is 1.72 bits per heavy atom. The summed E-state index contributed by atoms with van der Waals surface area (Å²) < 4.78 is 60.7. The molecule has 0 unspecified atom stereocenters. The summed E-state index contributed by atoms with van der Waals surface area (Å²) in [7, 11) is 3.68. The molecule has 1 fully saturated rings. The van der Waals surface area contributed by atoms with Crippen molar-refractivity contribution < 1.29 is 32.2 Å². The number of rotatable bonds is 11. The van der Waals surface area contributed by atoms with Crippen molar-refractivity contribution in [2.24, 2.45) is 0 Å². The van der Waals surface area contributed by atoms with Crippen molar-refractivity contribution in [1.82, 2.24) is 29.8 Å². The van der Waals surface area contributed by atoms with Crippen molar-refractivity contribution in [3.05, 3.63) is 90.1 Å². The molecule has 1 N–H and O–H groups in total. The Kier molecular flexibility index (Phi) is 9.50. The van der Waals surface area contributed by atoms with Crippen LogP contribution in [0.3, 0.4) is 0 Å². The lowest BCUT2D eigenvalue weighted by atomic mass is 10.1. The molecule has 0 radical (unpaired) electrons. The van der Waals surface area contributed by atoms with Crippen LogP contribution in [0.1, 0.15) is 16.9 Å². The number of benzene rings is 3. The lowest BCUT2D eigenvalue weighted by Crippen LogP contribution is -2.44. The van der Waals surface area contributed by atoms with Crippen molar-refractivity contribution in [2.75, 3.05) is 58.8 Å². The number of amides is 1. The number of methoxy groups -OCH3 is 1. The Bertz CT molecular complexity index is 1900. The number of piperazine rings is 1. The van der Waals surface area contributed by atoms with E-state index in [1.165, 1.54) is 24.4 Å². The monoisotopic (exact) mass is 647 g/mol. The molecule has 1 saturated heterocycles. The minimum atomic E-state index is -1.07. The summed E-state index contributed by atoms with van der Waals surface area (Å²) in [6, 6.07) is 12.2. The quantitative estimate of drug-likeness (QED) is 0.191. The molecule has 3 aromatic carbocycles. The normalized spacial score (nSPS) is 13.9. The number of anilines is 1. The van der Waals surface area contributed by atoms with Crippen molar-refractivity contribution >= 4 is 22.5 Å². The van der Waals surface area contributed by atoms with Gasteiger partial charge in [0.1, 0.15) is 5.75 Å². The summed E-state index contributed by atoms with van der Waals surface area (Å²) in [6.45, 7) is 5.71. The van der Waals surface area contributed by atoms with Crippen LogP contribution in [-0.2, 0) is 0 Å². The van der Waals surface area contributed by atoms with Crippen LogP contribution >= 0.6 is 0 Å². The van der Waals surface area contributed by atoms with Crippen LogP contribution in [0, 0.1) is 17.5 Å². The van der Waals surface area contributed by atoms with Crippen LogP contribution in [0.2, 0.25) is 0 Å².